The second-order valence-corrected chi connectivity index (χ2v) is 3.94. The quantitative estimate of drug-likeness (QED) is 0.661. The van der Waals surface area contributed by atoms with E-state index in [1.807, 2.05) is 0 Å². The second kappa shape index (κ2) is 5.39. The number of hydrogen-bond donors (Lipinski definition) is 2. The van der Waals surface area contributed by atoms with Crippen LogP contribution in [0.2, 0.25) is 0 Å². The van der Waals surface area contributed by atoms with Crippen LogP contribution in [0.3, 0.4) is 0 Å². The monoisotopic (exact) mass is 236 g/mol. The van der Waals surface area contributed by atoms with Gasteiger partial charge in [0.2, 0.25) is 0 Å². The topological polar surface area (TPSA) is 77.4 Å². The van der Waals surface area contributed by atoms with Crippen LogP contribution in [0.15, 0.2) is 0 Å². The van der Waals surface area contributed by atoms with Crippen molar-refractivity contribution in [2.24, 2.45) is 0 Å². The van der Waals surface area contributed by atoms with Crippen LogP contribution in [0.25, 0.3) is 0 Å². The van der Waals surface area contributed by atoms with Gasteiger partial charge < -0.3 is 29.2 Å². The molecule has 5 atom stereocenters. The highest BCUT2D eigenvalue weighted by atomic mass is 16.7. The van der Waals surface area contributed by atoms with E-state index in [0.717, 1.165) is 0 Å². The van der Waals surface area contributed by atoms with Crippen molar-refractivity contribution in [3.63, 3.8) is 0 Å². The number of hydrogen-bond acceptors (Lipinski definition) is 6. The molecule has 0 aromatic carbocycles. The lowest BCUT2D eigenvalue weighted by Gasteiger charge is -2.49. The third-order valence-corrected chi connectivity index (χ3v) is 3.22. The van der Waals surface area contributed by atoms with Crippen molar-refractivity contribution in [2.75, 3.05) is 27.9 Å². The molecule has 0 unspecified atom stereocenters. The summed E-state index contributed by atoms with van der Waals surface area (Å²) in [5.41, 5.74) is -0.872. The Kier molecular flexibility index (Phi) is 4.66. The van der Waals surface area contributed by atoms with Gasteiger partial charge in [0.15, 0.2) is 6.29 Å². The van der Waals surface area contributed by atoms with E-state index in [1.165, 1.54) is 21.3 Å². The standard InChI is InChI=1S/C10H20O6/c1-10(15-4)6(5-11)16-9(12)7(13-2)8(10)14-3/h6-9,11-12H,5H2,1-4H3/t6-,7+,8-,9+,10-/m1/s1. The Morgan fingerprint density at radius 2 is 1.88 bits per heavy atom. The Balaban J connectivity index is 2.99. The van der Waals surface area contributed by atoms with Gasteiger partial charge in [-0.2, -0.15) is 0 Å². The fraction of sp³-hybridized carbons (Fsp3) is 1.00. The van der Waals surface area contributed by atoms with Crippen molar-refractivity contribution in [3.8, 4) is 0 Å². The molecule has 1 aliphatic heterocycles. The minimum atomic E-state index is -1.14. The largest absolute Gasteiger partial charge is 0.394 e. The van der Waals surface area contributed by atoms with Crippen molar-refractivity contribution >= 4 is 0 Å². The Morgan fingerprint density at radius 3 is 2.25 bits per heavy atom. The first-order valence-corrected chi connectivity index (χ1v) is 5.10. The summed E-state index contributed by atoms with van der Waals surface area (Å²) in [7, 11) is 4.46. The molecule has 2 N–H and O–H groups in total. The number of methoxy groups -OCH3 is 3. The van der Waals surface area contributed by atoms with E-state index in [9.17, 15) is 10.2 Å². The van der Waals surface area contributed by atoms with Crippen LogP contribution >= 0.6 is 0 Å². The van der Waals surface area contributed by atoms with Gasteiger partial charge in [-0.15, -0.1) is 0 Å². The number of rotatable bonds is 4. The fourth-order valence-corrected chi connectivity index (χ4v) is 2.12. The van der Waals surface area contributed by atoms with Gasteiger partial charge in [0, 0.05) is 21.3 Å². The van der Waals surface area contributed by atoms with E-state index in [2.05, 4.69) is 0 Å². The minimum Gasteiger partial charge on any atom is -0.394 e. The van der Waals surface area contributed by atoms with Gasteiger partial charge >= 0.3 is 0 Å². The van der Waals surface area contributed by atoms with E-state index in [4.69, 9.17) is 18.9 Å². The number of aliphatic hydroxyl groups excluding tert-OH is 2. The van der Waals surface area contributed by atoms with Crippen molar-refractivity contribution in [3.05, 3.63) is 0 Å². The average molecular weight is 236 g/mol. The van der Waals surface area contributed by atoms with Crippen LogP contribution in [0.5, 0.6) is 0 Å². The van der Waals surface area contributed by atoms with Gasteiger partial charge in [0.25, 0.3) is 0 Å². The van der Waals surface area contributed by atoms with E-state index >= 15 is 0 Å². The molecule has 96 valence electrons. The first-order chi connectivity index (χ1) is 7.54. The maximum Gasteiger partial charge on any atom is 0.184 e. The zero-order valence-electron chi connectivity index (χ0n) is 10.0. The van der Waals surface area contributed by atoms with Gasteiger partial charge in [-0.25, -0.2) is 0 Å². The number of ether oxygens (including phenoxy) is 4. The first kappa shape index (κ1) is 13.8. The summed E-state index contributed by atoms with van der Waals surface area (Å²) in [6.45, 7) is 1.48. The molecule has 0 radical (unpaired) electrons. The summed E-state index contributed by atoms with van der Waals surface area (Å²) < 4.78 is 21.1. The Bertz CT molecular complexity index is 221. The molecule has 1 aliphatic rings. The predicted molar refractivity (Wildman–Crippen MR) is 55.0 cm³/mol. The molecular formula is C10H20O6. The predicted octanol–water partition coefficient (Wildman–Crippen LogP) is -0.869. The maximum atomic E-state index is 9.71. The summed E-state index contributed by atoms with van der Waals surface area (Å²) in [5, 5.41) is 18.9. The molecule has 6 heteroatoms. The normalized spacial score (nSPS) is 44.6. The van der Waals surface area contributed by atoms with Gasteiger partial charge in [-0.05, 0) is 6.92 Å². The van der Waals surface area contributed by atoms with E-state index in [-0.39, 0.29) is 6.61 Å². The Morgan fingerprint density at radius 1 is 1.25 bits per heavy atom. The third kappa shape index (κ3) is 2.09. The van der Waals surface area contributed by atoms with Gasteiger partial charge in [-0.3, -0.25) is 0 Å². The molecule has 0 spiro atoms. The molecule has 0 saturated carbocycles. The molecule has 0 bridgehead atoms. The SMILES string of the molecule is CO[C@H]1[C@@H](OC)[C@](C)(OC)[C@@H](CO)O[C@@H]1O. The van der Waals surface area contributed by atoms with E-state index in [1.54, 1.807) is 6.92 Å². The zero-order valence-corrected chi connectivity index (χ0v) is 10.0. The molecule has 1 rings (SSSR count). The molecule has 0 amide bonds. The van der Waals surface area contributed by atoms with E-state index in [0.29, 0.717) is 0 Å². The van der Waals surface area contributed by atoms with Gasteiger partial charge in [-0.1, -0.05) is 0 Å². The molecule has 1 heterocycles. The van der Waals surface area contributed by atoms with Crippen molar-refractivity contribution in [1.29, 1.82) is 0 Å². The number of aliphatic hydroxyl groups is 2. The van der Waals surface area contributed by atoms with Crippen LogP contribution in [0.1, 0.15) is 6.92 Å². The Hall–Kier alpha value is -0.240. The van der Waals surface area contributed by atoms with Crippen LogP contribution in [-0.2, 0) is 18.9 Å². The molecule has 16 heavy (non-hydrogen) atoms. The zero-order chi connectivity index (χ0) is 12.3. The van der Waals surface area contributed by atoms with Crippen molar-refractivity contribution in [2.45, 2.75) is 37.1 Å². The van der Waals surface area contributed by atoms with Crippen LogP contribution < -0.4 is 0 Å². The van der Waals surface area contributed by atoms with Gasteiger partial charge in [0.1, 0.15) is 23.9 Å². The molecule has 1 fully saturated rings. The molecule has 0 aromatic rings. The maximum absolute atomic E-state index is 9.71. The summed E-state index contributed by atoms with van der Waals surface area (Å²) >= 11 is 0. The van der Waals surface area contributed by atoms with Crippen LogP contribution in [0, 0.1) is 0 Å². The lowest BCUT2D eigenvalue weighted by molar-refractivity contribution is -0.329. The van der Waals surface area contributed by atoms with E-state index < -0.39 is 30.2 Å². The summed E-state index contributed by atoms with van der Waals surface area (Å²) in [6.07, 6.45) is -2.99. The summed E-state index contributed by atoms with van der Waals surface area (Å²) in [5.74, 6) is 0. The highest BCUT2D eigenvalue weighted by Crippen LogP contribution is 2.34. The third-order valence-electron chi connectivity index (χ3n) is 3.22. The summed E-state index contributed by atoms with van der Waals surface area (Å²) in [4.78, 5) is 0. The first-order valence-electron chi connectivity index (χ1n) is 5.10. The van der Waals surface area contributed by atoms with Crippen LogP contribution in [0.4, 0.5) is 0 Å². The second-order valence-electron chi connectivity index (χ2n) is 3.94. The highest BCUT2D eigenvalue weighted by Gasteiger charge is 2.54. The van der Waals surface area contributed by atoms with Crippen molar-refractivity contribution < 1.29 is 29.2 Å². The highest BCUT2D eigenvalue weighted by molar-refractivity contribution is 5.01. The van der Waals surface area contributed by atoms with Crippen molar-refractivity contribution in [1.82, 2.24) is 0 Å². The lowest BCUT2D eigenvalue weighted by Crippen LogP contribution is -2.67. The molecule has 0 aliphatic carbocycles. The fourth-order valence-electron chi connectivity index (χ4n) is 2.12. The molecule has 0 aromatic heterocycles. The van der Waals surface area contributed by atoms with Gasteiger partial charge in [0.05, 0.1) is 6.61 Å². The molecule has 1 saturated heterocycles. The summed E-state index contributed by atoms with van der Waals surface area (Å²) in [6, 6.07) is 0. The smallest absolute Gasteiger partial charge is 0.184 e. The van der Waals surface area contributed by atoms with Crippen LogP contribution in [-0.4, -0.2) is 68.4 Å². The minimum absolute atomic E-state index is 0.266. The lowest BCUT2D eigenvalue weighted by atomic mass is 9.85. The molecular weight excluding hydrogens is 216 g/mol. The Labute approximate surface area is 95.1 Å². The average Bonchev–Trinajstić information content (AvgIpc) is 2.30. The molecule has 6 nitrogen and oxygen atoms in total.